The first kappa shape index (κ1) is 13.5. The Bertz CT molecular complexity index is 510. The van der Waals surface area contributed by atoms with E-state index in [0.29, 0.717) is 11.1 Å². The summed E-state index contributed by atoms with van der Waals surface area (Å²) in [5, 5.41) is 14.1. The molecule has 1 saturated heterocycles. The van der Waals surface area contributed by atoms with Gasteiger partial charge < -0.3 is 10.2 Å². The summed E-state index contributed by atoms with van der Waals surface area (Å²) in [4.78, 5) is 24.5. The maximum absolute atomic E-state index is 12.4. The van der Waals surface area contributed by atoms with Gasteiger partial charge in [0.05, 0.1) is 4.92 Å². The van der Waals surface area contributed by atoms with Crippen LogP contribution in [0.1, 0.15) is 22.3 Å². The van der Waals surface area contributed by atoms with Crippen LogP contribution < -0.4 is 5.32 Å². The topological polar surface area (TPSA) is 75.5 Å². The van der Waals surface area contributed by atoms with Crippen LogP contribution in [0.2, 0.25) is 0 Å². The Morgan fingerprint density at radius 1 is 1.53 bits per heavy atom. The molecule has 102 valence electrons. The van der Waals surface area contributed by atoms with Crippen molar-refractivity contribution in [1.82, 2.24) is 10.2 Å². The summed E-state index contributed by atoms with van der Waals surface area (Å²) in [5.41, 5.74) is 0.822. The monoisotopic (exact) mass is 263 g/mol. The number of rotatable bonds is 3. The molecule has 6 heteroatoms. The second-order valence-electron chi connectivity index (χ2n) is 4.77. The molecule has 1 aromatic rings. The highest BCUT2D eigenvalue weighted by Crippen LogP contribution is 2.23. The zero-order valence-corrected chi connectivity index (χ0v) is 11.0. The lowest BCUT2D eigenvalue weighted by molar-refractivity contribution is -0.385. The number of carbonyl (C=O) groups is 1. The lowest BCUT2D eigenvalue weighted by Crippen LogP contribution is -2.38. The Labute approximate surface area is 111 Å². The zero-order valence-electron chi connectivity index (χ0n) is 11.0. The second-order valence-corrected chi connectivity index (χ2v) is 4.77. The fourth-order valence-corrected chi connectivity index (χ4v) is 2.38. The van der Waals surface area contributed by atoms with Crippen LogP contribution in [0.25, 0.3) is 0 Å². The molecule has 1 atom stereocenters. The van der Waals surface area contributed by atoms with Gasteiger partial charge in [0.2, 0.25) is 0 Å². The standard InChI is InChI=1S/C13H17N3O3/c1-9-11(4-3-5-12(9)16(18)19)13(17)15(2)10-6-7-14-8-10/h3-5,10,14H,6-8H2,1-2H3. The normalized spacial score (nSPS) is 18.3. The largest absolute Gasteiger partial charge is 0.337 e. The molecule has 0 spiro atoms. The summed E-state index contributed by atoms with van der Waals surface area (Å²) in [6, 6.07) is 4.78. The van der Waals surface area contributed by atoms with Gasteiger partial charge in [0.25, 0.3) is 11.6 Å². The van der Waals surface area contributed by atoms with Crippen LogP contribution in [0.3, 0.4) is 0 Å². The lowest BCUT2D eigenvalue weighted by Gasteiger charge is -2.24. The number of nitro benzene ring substituents is 1. The first-order valence-corrected chi connectivity index (χ1v) is 6.24. The van der Waals surface area contributed by atoms with Gasteiger partial charge in [-0.3, -0.25) is 14.9 Å². The van der Waals surface area contributed by atoms with Crippen molar-refractivity contribution in [3.05, 3.63) is 39.4 Å². The minimum atomic E-state index is -0.455. The second kappa shape index (κ2) is 5.36. The molecule has 1 aliphatic heterocycles. The quantitative estimate of drug-likeness (QED) is 0.659. The van der Waals surface area contributed by atoms with Crippen molar-refractivity contribution in [2.45, 2.75) is 19.4 Å². The third-order valence-electron chi connectivity index (χ3n) is 3.63. The van der Waals surface area contributed by atoms with Crippen LogP contribution in [0.15, 0.2) is 18.2 Å². The Hall–Kier alpha value is -1.95. The predicted molar refractivity (Wildman–Crippen MR) is 71.2 cm³/mol. The van der Waals surface area contributed by atoms with Gasteiger partial charge in [0.1, 0.15) is 0 Å². The molecule has 0 aromatic heterocycles. The number of likely N-dealkylation sites (N-methyl/N-ethyl adjacent to an activating group) is 1. The SMILES string of the molecule is Cc1c(C(=O)N(C)C2CCNC2)cccc1[N+](=O)[O-]. The maximum Gasteiger partial charge on any atom is 0.273 e. The Kier molecular flexibility index (Phi) is 3.80. The molecule has 0 bridgehead atoms. The number of nitrogens with one attached hydrogen (secondary N) is 1. The molecule has 1 N–H and O–H groups in total. The van der Waals surface area contributed by atoms with Crippen LogP contribution in [0.5, 0.6) is 0 Å². The highest BCUT2D eigenvalue weighted by molar-refractivity contribution is 5.96. The number of hydrogen-bond donors (Lipinski definition) is 1. The minimum absolute atomic E-state index is 0.0104. The Balaban J connectivity index is 2.28. The van der Waals surface area contributed by atoms with E-state index in [1.807, 2.05) is 0 Å². The van der Waals surface area contributed by atoms with E-state index >= 15 is 0 Å². The summed E-state index contributed by atoms with van der Waals surface area (Å²) in [6.45, 7) is 3.29. The van der Waals surface area contributed by atoms with E-state index in [-0.39, 0.29) is 17.6 Å². The zero-order chi connectivity index (χ0) is 14.0. The van der Waals surface area contributed by atoms with E-state index < -0.39 is 4.92 Å². The number of nitrogens with zero attached hydrogens (tertiary/aromatic N) is 2. The molecular weight excluding hydrogens is 246 g/mol. The number of amides is 1. The first-order chi connectivity index (χ1) is 9.02. The molecular formula is C13H17N3O3. The van der Waals surface area contributed by atoms with Crippen molar-refractivity contribution >= 4 is 11.6 Å². The lowest BCUT2D eigenvalue weighted by atomic mass is 10.0. The average Bonchev–Trinajstić information content (AvgIpc) is 2.90. The number of nitro groups is 1. The summed E-state index contributed by atoms with van der Waals surface area (Å²) in [7, 11) is 1.75. The van der Waals surface area contributed by atoms with E-state index in [4.69, 9.17) is 0 Å². The first-order valence-electron chi connectivity index (χ1n) is 6.24. The van der Waals surface area contributed by atoms with Gasteiger partial charge in [-0.1, -0.05) is 6.07 Å². The van der Waals surface area contributed by atoms with Crippen LogP contribution in [-0.2, 0) is 0 Å². The molecule has 0 aliphatic carbocycles. The van der Waals surface area contributed by atoms with Gasteiger partial charge in [0, 0.05) is 36.8 Å². The van der Waals surface area contributed by atoms with Crippen LogP contribution in [0, 0.1) is 17.0 Å². The van der Waals surface area contributed by atoms with E-state index in [1.54, 1.807) is 31.0 Å². The van der Waals surface area contributed by atoms with Gasteiger partial charge in [-0.05, 0) is 26.0 Å². The summed E-state index contributed by atoms with van der Waals surface area (Å²) in [6.07, 6.45) is 0.913. The van der Waals surface area contributed by atoms with Crippen molar-refractivity contribution in [2.24, 2.45) is 0 Å². The third kappa shape index (κ3) is 2.58. The smallest absolute Gasteiger partial charge is 0.273 e. The van der Waals surface area contributed by atoms with E-state index in [2.05, 4.69) is 5.32 Å². The summed E-state index contributed by atoms with van der Waals surface area (Å²) >= 11 is 0. The highest BCUT2D eigenvalue weighted by Gasteiger charge is 2.26. The summed E-state index contributed by atoms with van der Waals surface area (Å²) in [5.74, 6) is -0.157. The third-order valence-corrected chi connectivity index (χ3v) is 3.63. The molecule has 2 rings (SSSR count). The molecule has 1 unspecified atom stereocenters. The molecule has 0 radical (unpaired) electrons. The molecule has 0 saturated carbocycles. The summed E-state index contributed by atoms with van der Waals surface area (Å²) < 4.78 is 0. The molecule has 6 nitrogen and oxygen atoms in total. The molecule has 1 amide bonds. The van der Waals surface area contributed by atoms with Crippen LogP contribution in [-0.4, -0.2) is 41.9 Å². The van der Waals surface area contributed by atoms with Gasteiger partial charge in [-0.2, -0.15) is 0 Å². The van der Waals surface area contributed by atoms with Gasteiger partial charge in [-0.25, -0.2) is 0 Å². The molecule has 1 aromatic carbocycles. The van der Waals surface area contributed by atoms with Crippen molar-refractivity contribution in [3.8, 4) is 0 Å². The Morgan fingerprint density at radius 2 is 2.26 bits per heavy atom. The number of benzene rings is 1. The highest BCUT2D eigenvalue weighted by atomic mass is 16.6. The van der Waals surface area contributed by atoms with Crippen molar-refractivity contribution in [3.63, 3.8) is 0 Å². The molecule has 19 heavy (non-hydrogen) atoms. The molecule has 1 aliphatic rings. The maximum atomic E-state index is 12.4. The van der Waals surface area contributed by atoms with E-state index in [0.717, 1.165) is 19.5 Å². The predicted octanol–water partition coefficient (Wildman–Crippen LogP) is 1.34. The molecule has 1 heterocycles. The van der Waals surface area contributed by atoms with Crippen molar-refractivity contribution < 1.29 is 9.72 Å². The van der Waals surface area contributed by atoms with Crippen molar-refractivity contribution in [1.29, 1.82) is 0 Å². The van der Waals surface area contributed by atoms with E-state index in [9.17, 15) is 14.9 Å². The van der Waals surface area contributed by atoms with Crippen LogP contribution >= 0.6 is 0 Å². The number of carbonyl (C=O) groups excluding carboxylic acids is 1. The van der Waals surface area contributed by atoms with Crippen molar-refractivity contribution in [2.75, 3.05) is 20.1 Å². The van der Waals surface area contributed by atoms with E-state index in [1.165, 1.54) is 6.07 Å². The fourth-order valence-electron chi connectivity index (χ4n) is 2.38. The molecule has 1 fully saturated rings. The van der Waals surface area contributed by atoms with Crippen LogP contribution in [0.4, 0.5) is 5.69 Å². The van der Waals surface area contributed by atoms with Gasteiger partial charge in [0.15, 0.2) is 0 Å². The fraction of sp³-hybridized carbons (Fsp3) is 0.462. The van der Waals surface area contributed by atoms with Gasteiger partial charge >= 0.3 is 0 Å². The van der Waals surface area contributed by atoms with Gasteiger partial charge in [-0.15, -0.1) is 0 Å². The average molecular weight is 263 g/mol. The Morgan fingerprint density at radius 3 is 2.84 bits per heavy atom. The number of hydrogen-bond acceptors (Lipinski definition) is 4. The minimum Gasteiger partial charge on any atom is -0.337 e.